The molecule has 0 atom stereocenters. The number of aliphatic imine (C=N–C) groups is 1. The van der Waals surface area contributed by atoms with E-state index in [0.717, 1.165) is 17.9 Å². The molecule has 1 saturated carbocycles. The fourth-order valence-electron chi connectivity index (χ4n) is 3.66. The molecule has 0 aliphatic heterocycles. The second-order valence-corrected chi connectivity index (χ2v) is 8.46. The van der Waals surface area contributed by atoms with Gasteiger partial charge in [0.1, 0.15) is 5.75 Å². The predicted octanol–water partition coefficient (Wildman–Crippen LogP) is 3.04. The van der Waals surface area contributed by atoms with Crippen molar-refractivity contribution < 1.29 is 9.53 Å². The van der Waals surface area contributed by atoms with Gasteiger partial charge in [-0.3, -0.25) is 4.79 Å². The summed E-state index contributed by atoms with van der Waals surface area (Å²) in [6.07, 6.45) is 5.06. The van der Waals surface area contributed by atoms with Crippen LogP contribution in [0.2, 0.25) is 0 Å². The first-order valence-corrected chi connectivity index (χ1v) is 10.2. The van der Waals surface area contributed by atoms with Crippen LogP contribution in [0.1, 0.15) is 45.1 Å². The molecule has 0 aromatic heterocycles. The normalized spacial score (nSPS) is 15.7. The molecule has 0 radical (unpaired) electrons. The van der Waals surface area contributed by atoms with E-state index in [4.69, 9.17) is 9.73 Å². The Labute approximate surface area is 169 Å². The molecule has 1 aliphatic carbocycles. The molecule has 156 valence electrons. The highest BCUT2D eigenvalue weighted by Gasteiger charge is 2.37. The van der Waals surface area contributed by atoms with E-state index in [2.05, 4.69) is 24.5 Å². The quantitative estimate of drug-likeness (QED) is 0.504. The SMILES string of the molecule is COc1ccc(CN=C(NCC(=O)N(C)C)NCC2(CC(C)C)CCC2)cc1. The number of amides is 1. The second kappa shape index (κ2) is 10.3. The van der Waals surface area contributed by atoms with Gasteiger partial charge in [-0.05, 0) is 48.3 Å². The average molecular weight is 389 g/mol. The van der Waals surface area contributed by atoms with Crippen LogP contribution >= 0.6 is 0 Å². The van der Waals surface area contributed by atoms with Crippen molar-refractivity contribution in [1.82, 2.24) is 15.5 Å². The van der Waals surface area contributed by atoms with Crippen molar-refractivity contribution in [3.05, 3.63) is 29.8 Å². The molecule has 1 fully saturated rings. The lowest BCUT2D eigenvalue weighted by Gasteiger charge is -2.43. The summed E-state index contributed by atoms with van der Waals surface area (Å²) in [4.78, 5) is 18.3. The monoisotopic (exact) mass is 388 g/mol. The van der Waals surface area contributed by atoms with Crippen molar-refractivity contribution in [3.8, 4) is 5.75 Å². The third-order valence-corrected chi connectivity index (χ3v) is 5.37. The smallest absolute Gasteiger partial charge is 0.241 e. The number of nitrogens with one attached hydrogen (secondary N) is 2. The molecule has 1 amide bonds. The van der Waals surface area contributed by atoms with Crippen LogP contribution in [0.25, 0.3) is 0 Å². The minimum absolute atomic E-state index is 0.0273. The maximum Gasteiger partial charge on any atom is 0.241 e. The Morgan fingerprint density at radius 2 is 1.89 bits per heavy atom. The molecule has 0 spiro atoms. The minimum atomic E-state index is 0.0273. The summed E-state index contributed by atoms with van der Waals surface area (Å²) in [5.74, 6) is 2.24. The fraction of sp³-hybridized carbons (Fsp3) is 0.636. The lowest BCUT2D eigenvalue weighted by Crippen LogP contribution is -2.48. The molecule has 2 N–H and O–H groups in total. The van der Waals surface area contributed by atoms with Gasteiger partial charge in [0.05, 0.1) is 20.2 Å². The summed E-state index contributed by atoms with van der Waals surface area (Å²) < 4.78 is 5.21. The maximum absolute atomic E-state index is 12.0. The van der Waals surface area contributed by atoms with E-state index >= 15 is 0 Å². The summed E-state index contributed by atoms with van der Waals surface area (Å²) >= 11 is 0. The molecule has 6 heteroatoms. The zero-order valence-corrected chi connectivity index (χ0v) is 18.0. The third-order valence-electron chi connectivity index (χ3n) is 5.37. The molecule has 2 rings (SSSR count). The van der Waals surface area contributed by atoms with E-state index in [1.54, 1.807) is 26.1 Å². The zero-order valence-electron chi connectivity index (χ0n) is 18.0. The van der Waals surface area contributed by atoms with E-state index in [0.29, 0.717) is 23.8 Å². The molecule has 1 aliphatic rings. The molecule has 0 bridgehead atoms. The Balaban J connectivity index is 2.01. The molecule has 0 unspecified atom stereocenters. The van der Waals surface area contributed by atoms with Crippen LogP contribution in [0.4, 0.5) is 0 Å². The number of ether oxygens (including phenoxy) is 1. The molecule has 6 nitrogen and oxygen atoms in total. The molecule has 0 heterocycles. The van der Waals surface area contributed by atoms with E-state index in [9.17, 15) is 4.79 Å². The highest BCUT2D eigenvalue weighted by Crippen LogP contribution is 2.45. The van der Waals surface area contributed by atoms with E-state index in [1.807, 2.05) is 24.3 Å². The number of methoxy groups -OCH3 is 1. The number of rotatable bonds is 9. The standard InChI is InChI=1S/C22H36N4O2/c1-17(2)13-22(11-6-12-22)16-25-21(24-15-20(27)26(3)4)23-14-18-7-9-19(28-5)10-8-18/h7-10,17H,6,11-16H2,1-5H3,(H2,23,24,25). The van der Waals surface area contributed by atoms with Crippen molar-refractivity contribution in [2.75, 3.05) is 34.3 Å². The van der Waals surface area contributed by atoms with Gasteiger partial charge in [-0.25, -0.2) is 4.99 Å². The van der Waals surface area contributed by atoms with Gasteiger partial charge in [0, 0.05) is 20.6 Å². The number of carbonyl (C=O) groups is 1. The summed E-state index contributed by atoms with van der Waals surface area (Å²) in [6, 6.07) is 7.90. The number of nitrogens with zero attached hydrogens (tertiary/aromatic N) is 2. The van der Waals surface area contributed by atoms with Gasteiger partial charge < -0.3 is 20.3 Å². The lowest BCUT2D eigenvalue weighted by atomic mass is 9.64. The van der Waals surface area contributed by atoms with Gasteiger partial charge in [-0.15, -0.1) is 0 Å². The van der Waals surface area contributed by atoms with E-state index < -0.39 is 0 Å². The van der Waals surface area contributed by atoms with E-state index in [-0.39, 0.29) is 12.5 Å². The number of likely N-dealkylation sites (N-methyl/N-ethyl adjacent to an activating group) is 1. The van der Waals surface area contributed by atoms with Gasteiger partial charge in [0.15, 0.2) is 5.96 Å². The van der Waals surface area contributed by atoms with Crippen LogP contribution in [0.15, 0.2) is 29.3 Å². The third kappa shape index (κ3) is 6.73. The first kappa shape index (κ1) is 22.1. The molecule has 0 saturated heterocycles. The first-order valence-electron chi connectivity index (χ1n) is 10.2. The van der Waals surface area contributed by atoms with Gasteiger partial charge in [-0.2, -0.15) is 0 Å². The predicted molar refractivity (Wildman–Crippen MR) is 115 cm³/mol. The number of guanidine groups is 1. The summed E-state index contributed by atoms with van der Waals surface area (Å²) in [6.45, 7) is 6.25. The van der Waals surface area contributed by atoms with Crippen LogP contribution in [-0.2, 0) is 11.3 Å². The van der Waals surface area contributed by atoms with Crippen LogP contribution < -0.4 is 15.4 Å². The van der Waals surface area contributed by atoms with E-state index in [1.165, 1.54) is 25.7 Å². The largest absolute Gasteiger partial charge is 0.497 e. The van der Waals surface area contributed by atoms with Crippen molar-refractivity contribution in [3.63, 3.8) is 0 Å². The second-order valence-electron chi connectivity index (χ2n) is 8.46. The number of carbonyl (C=O) groups excluding carboxylic acids is 1. The molecular formula is C22H36N4O2. The Bertz CT molecular complexity index is 649. The highest BCUT2D eigenvalue weighted by molar-refractivity contribution is 5.86. The van der Waals surface area contributed by atoms with Gasteiger partial charge >= 0.3 is 0 Å². The van der Waals surface area contributed by atoms with Crippen LogP contribution in [0.3, 0.4) is 0 Å². The highest BCUT2D eigenvalue weighted by atomic mass is 16.5. The summed E-state index contributed by atoms with van der Waals surface area (Å²) in [5.41, 5.74) is 1.46. The lowest BCUT2D eigenvalue weighted by molar-refractivity contribution is -0.127. The fourth-order valence-corrected chi connectivity index (χ4v) is 3.66. The van der Waals surface area contributed by atoms with Crippen molar-refractivity contribution in [1.29, 1.82) is 0 Å². The molecular weight excluding hydrogens is 352 g/mol. The Morgan fingerprint density at radius 1 is 1.21 bits per heavy atom. The number of hydrogen-bond donors (Lipinski definition) is 2. The minimum Gasteiger partial charge on any atom is -0.497 e. The molecule has 28 heavy (non-hydrogen) atoms. The van der Waals surface area contributed by atoms with Crippen molar-refractivity contribution in [2.45, 2.75) is 46.1 Å². The van der Waals surface area contributed by atoms with Gasteiger partial charge in [-0.1, -0.05) is 32.4 Å². The number of hydrogen-bond acceptors (Lipinski definition) is 3. The zero-order chi connectivity index (χ0) is 20.6. The Morgan fingerprint density at radius 3 is 2.39 bits per heavy atom. The summed E-state index contributed by atoms with van der Waals surface area (Å²) in [7, 11) is 5.18. The van der Waals surface area contributed by atoms with Crippen LogP contribution in [0.5, 0.6) is 5.75 Å². The molecule has 1 aromatic rings. The van der Waals surface area contributed by atoms with Crippen molar-refractivity contribution >= 4 is 11.9 Å². The maximum atomic E-state index is 12.0. The topological polar surface area (TPSA) is 66.0 Å². The average Bonchev–Trinajstić information content (AvgIpc) is 2.64. The van der Waals surface area contributed by atoms with Crippen molar-refractivity contribution in [2.24, 2.45) is 16.3 Å². The van der Waals surface area contributed by atoms with Gasteiger partial charge in [0.2, 0.25) is 5.91 Å². The van der Waals surface area contributed by atoms with Crippen LogP contribution in [0, 0.1) is 11.3 Å². The molecule has 1 aromatic carbocycles. The number of benzene rings is 1. The van der Waals surface area contributed by atoms with Gasteiger partial charge in [0.25, 0.3) is 0 Å². The summed E-state index contributed by atoms with van der Waals surface area (Å²) in [5, 5.41) is 6.69. The first-order chi connectivity index (χ1) is 13.3. The Hall–Kier alpha value is -2.24. The Kier molecular flexibility index (Phi) is 8.15. The van der Waals surface area contributed by atoms with Crippen LogP contribution in [-0.4, -0.2) is 51.1 Å².